The minimum Gasteiger partial charge on any atom is -0.508 e. The van der Waals surface area contributed by atoms with Gasteiger partial charge >= 0.3 is 0 Å². The maximum atomic E-state index is 10.4. The molecule has 32 heavy (non-hydrogen) atoms. The maximum Gasteiger partial charge on any atom is 0.172 e. The molecule has 0 aliphatic heterocycles. The summed E-state index contributed by atoms with van der Waals surface area (Å²) in [5.74, 6) is 1.38. The molecular formula is C27H25NO4. The van der Waals surface area contributed by atoms with Gasteiger partial charge in [-0.3, -0.25) is 0 Å². The summed E-state index contributed by atoms with van der Waals surface area (Å²) in [6.07, 6.45) is 0. The summed E-state index contributed by atoms with van der Waals surface area (Å²) < 4.78 is 6.23. The number of hydrogen-bond donors (Lipinski definition) is 3. The largest absolute Gasteiger partial charge is 0.508 e. The van der Waals surface area contributed by atoms with Crippen molar-refractivity contribution in [2.75, 3.05) is 4.90 Å². The first kappa shape index (κ1) is 21.1. The van der Waals surface area contributed by atoms with Gasteiger partial charge < -0.3 is 25.0 Å². The fourth-order valence-corrected chi connectivity index (χ4v) is 3.78. The van der Waals surface area contributed by atoms with Crippen LogP contribution in [0.5, 0.6) is 28.7 Å². The Morgan fingerprint density at radius 1 is 0.594 bits per heavy atom. The Hall–Kier alpha value is -4.12. The van der Waals surface area contributed by atoms with Gasteiger partial charge in [0.2, 0.25) is 0 Å². The van der Waals surface area contributed by atoms with E-state index >= 15 is 0 Å². The molecule has 0 aliphatic rings. The van der Waals surface area contributed by atoms with Crippen LogP contribution in [0.15, 0.2) is 78.9 Å². The molecule has 0 heterocycles. The monoisotopic (exact) mass is 427 g/mol. The summed E-state index contributed by atoms with van der Waals surface area (Å²) in [7, 11) is 0. The molecule has 0 aromatic heterocycles. The Kier molecular flexibility index (Phi) is 5.65. The van der Waals surface area contributed by atoms with Crippen LogP contribution in [-0.2, 0) is 0 Å². The van der Waals surface area contributed by atoms with Crippen LogP contribution in [-0.4, -0.2) is 15.3 Å². The van der Waals surface area contributed by atoms with Gasteiger partial charge in [0.25, 0.3) is 0 Å². The van der Waals surface area contributed by atoms with Gasteiger partial charge in [0.05, 0.1) is 5.69 Å². The molecule has 4 aromatic carbocycles. The van der Waals surface area contributed by atoms with Gasteiger partial charge in [0.1, 0.15) is 11.5 Å². The molecular weight excluding hydrogens is 402 g/mol. The highest BCUT2D eigenvalue weighted by Crippen LogP contribution is 2.46. The average Bonchev–Trinajstić information content (AvgIpc) is 2.74. The number of nitrogens with zero attached hydrogens (tertiary/aromatic N) is 1. The zero-order valence-corrected chi connectivity index (χ0v) is 18.2. The molecule has 5 heteroatoms. The molecule has 0 aliphatic carbocycles. The molecule has 0 saturated heterocycles. The molecule has 0 bridgehead atoms. The van der Waals surface area contributed by atoms with Crippen molar-refractivity contribution in [1.29, 1.82) is 0 Å². The quantitative estimate of drug-likeness (QED) is 0.320. The summed E-state index contributed by atoms with van der Waals surface area (Å²) in [6.45, 7) is 5.73. The predicted octanol–water partition coefficient (Wildman–Crippen LogP) is 6.99. The maximum absolute atomic E-state index is 10.4. The van der Waals surface area contributed by atoms with Gasteiger partial charge in [-0.15, -0.1) is 0 Å². The third-order valence-electron chi connectivity index (χ3n) is 5.35. The average molecular weight is 428 g/mol. The van der Waals surface area contributed by atoms with Gasteiger partial charge in [-0.2, -0.15) is 0 Å². The Labute approximate surface area is 187 Å². The lowest BCUT2D eigenvalue weighted by Crippen LogP contribution is -2.13. The SMILES string of the molecule is Cc1cc(O)ccc1N(c1ccc(O)cc1C)c1ccccc1Oc1c(C)cccc1O. The smallest absolute Gasteiger partial charge is 0.172 e. The number of aryl methyl sites for hydroxylation is 3. The van der Waals surface area contributed by atoms with E-state index in [2.05, 4.69) is 0 Å². The standard InChI is InChI=1S/C27H25NO4/c1-17-7-6-9-25(31)27(17)32-26-10-5-4-8-24(26)28(22-13-11-20(29)15-18(22)2)23-14-12-21(30)16-19(23)3/h4-16,29-31H,1-3H3. The first-order chi connectivity index (χ1) is 15.3. The normalized spacial score (nSPS) is 10.7. The number of phenols is 3. The second-order valence-corrected chi connectivity index (χ2v) is 7.77. The van der Waals surface area contributed by atoms with Gasteiger partial charge in [-0.05, 0) is 92.1 Å². The highest BCUT2D eigenvalue weighted by Gasteiger charge is 2.21. The number of phenolic OH excluding ortho intramolecular Hbond substituents is 3. The zero-order chi connectivity index (χ0) is 22.8. The van der Waals surface area contributed by atoms with E-state index in [-0.39, 0.29) is 17.2 Å². The topological polar surface area (TPSA) is 73.2 Å². The number of para-hydroxylation sites is 3. The van der Waals surface area contributed by atoms with E-state index in [4.69, 9.17) is 4.74 Å². The highest BCUT2D eigenvalue weighted by molar-refractivity contribution is 5.83. The number of hydrogen-bond acceptors (Lipinski definition) is 5. The highest BCUT2D eigenvalue weighted by atomic mass is 16.5. The Morgan fingerprint density at radius 3 is 1.75 bits per heavy atom. The van der Waals surface area contributed by atoms with Crippen molar-refractivity contribution >= 4 is 17.1 Å². The second kappa shape index (κ2) is 8.55. The molecule has 0 fully saturated rings. The minimum atomic E-state index is 0.0629. The molecule has 3 N–H and O–H groups in total. The molecule has 4 aromatic rings. The molecule has 0 atom stereocenters. The minimum absolute atomic E-state index is 0.0629. The van der Waals surface area contributed by atoms with Gasteiger partial charge in [0.15, 0.2) is 17.2 Å². The molecule has 0 radical (unpaired) electrons. The fourth-order valence-electron chi connectivity index (χ4n) is 3.78. The van der Waals surface area contributed by atoms with Crippen molar-refractivity contribution in [3.05, 3.63) is 95.6 Å². The van der Waals surface area contributed by atoms with Crippen LogP contribution >= 0.6 is 0 Å². The van der Waals surface area contributed by atoms with Crippen molar-refractivity contribution < 1.29 is 20.1 Å². The van der Waals surface area contributed by atoms with Crippen LogP contribution in [0, 0.1) is 20.8 Å². The van der Waals surface area contributed by atoms with Crippen molar-refractivity contribution in [2.45, 2.75) is 20.8 Å². The van der Waals surface area contributed by atoms with E-state index in [0.29, 0.717) is 11.5 Å². The third kappa shape index (κ3) is 4.05. The number of benzene rings is 4. The Morgan fingerprint density at radius 2 is 1.19 bits per heavy atom. The molecule has 0 spiro atoms. The summed E-state index contributed by atoms with van der Waals surface area (Å²) >= 11 is 0. The van der Waals surface area contributed by atoms with Crippen molar-refractivity contribution in [3.63, 3.8) is 0 Å². The molecule has 0 unspecified atom stereocenters. The van der Waals surface area contributed by atoms with Crippen LogP contribution < -0.4 is 9.64 Å². The lowest BCUT2D eigenvalue weighted by Gasteiger charge is -2.30. The van der Waals surface area contributed by atoms with Crippen LogP contribution in [0.25, 0.3) is 0 Å². The van der Waals surface area contributed by atoms with E-state index in [0.717, 1.165) is 33.8 Å². The number of aromatic hydroxyl groups is 3. The summed E-state index contributed by atoms with van der Waals surface area (Å²) in [6, 6.07) is 23.2. The number of anilines is 3. The zero-order valence-electron chi connectivity index (χ0n) is 18.2. The lowest BCUT2D eigenvalue weighted by molar-refractivity contribution is 0.409. The van der Waals surface area contributed by atoms with Gasteiger partial charge in [0, 0.05) is 11.4 Å². The Balaban J connectivity index is 1.93. The Bertz CT molecular complexity index is 1210. The van der Waals surface area contributed by atoms with E-state index in [9.17, 15) is 15.3 Å². The lowest BCUT2D eigenvalue weighted by atomic mass is 10.1. The molecule has 162 valence electrons. The third-order valence-corrected chi connectivity index (χ3v) is 5.35. The second-order valence-electron chi connectivity index (χ2n) is 7.77. The van der Waals surface area contributed by atoms with Crippen LogP contribution in [0.1, 0.15) is 16.7 Å². The van der Waals surface area contributed by atoms with Crippen molar-refractivity contribution in [3.8, 4) is 28.7 Å². The van der Waals surface area contributed by atoms with Crippen molar-refractivity contribution in [2.24, 2.45) is 0 Å². The number of ether oxygens (including phenoxy) is 1. The summed E-state index contributed by atoms with van der Waals surface area (Å²) in [5, 5.41) is 30.3. The fraction of sp³-hybridized carbons (Fsp3) is 0.111. The van der Waals surface area contributed by atoms with E-state index in [1.165, 1.54) is 0 Å². The van der Waals surface area contributed by atoms with Gasteiger partial charge in [-0.1, -0.05) is 24.3 Å². The molecule has 0 saturated carbocycles. The predicted molar refractivity (Wildman–Crippen MR) is 127 cm³/mol. The first-order valence-electron chi connectivity index (χ1n) is 10.3. The molecule has 4 rings (SSSR count). The van der Waals surface area contributed by atoms with E-state index < -0.39 is 0 Å². The summed E-state index contributed by atoms with van der Waals surface area (Å²) in [5.41, 5.74) is 4.99. The van der Waals surface area contributed by atoms with Crippen LogP contribution in [0.2, 0.25) is 0 Å². The first-order valence-corrected chi connectivity index (χ1v) is 10.3. The van der Waals surface area contributed by atoms with E-state index in [1.54, 1.807) is 36.4 Å². The molecule has 5 nitrogen and oxygen atoms in total. The summed E-state index contributed by atoms with van der Waals surface area (Å²) in [4.78, 5) is 2.02. The van der Waals surface area contributed by atoms with Crippen LogP contribution in [0.3, 0.4) is 0 Å². The van der Waals surface area contributed by atoms with Gasteiger partial charge in [-0.25, -0.2) is 0 Å². The van der Waals surface area contributed by atoms with E-state index in [1.807, 2.05) is 68.1 Å². The number of rotatable bonds is 5. The van der Waals surface area contributed by atoms with Crippen molar-refractivity contribution in [1.82, 2.24) is 0 Å². The van der Waals surface area contributed by atoms with Crippen LogP contribution in [0.4, 0.5) is 17.1 Å². The molecule has 0 amide bonds.